The van der Waals surface area contributed by atoms with Gasteiger partial charge in [-0.25, -0.2) is 4.39 Å². The summed E-state index contributed by atoms with van der Waals surface area (Å²) < 4.78 is 13.3. The van der Waals surface area contributed by atoms with Crippen LogP contribution in [0.2, 0.25) is 5.02 Å². The van der Waals surface area contributed by atoms with Crippen molar-refractivity contribution >= 4 is 23.2 Å². The van der Waals surface area contributed by atoms with Gasteiger partial charge in [0.05, 0.1) is 11.8 Å². The predicted octanol–water partition coefficient (Wildman–Crippen LogP) is 3.13. The smallest absolute Gasteiger partial charge is 0.258 e. The number of carbonyl (C=O) groups excluding carboxylic acids is 1. The number of aromatic nitrogens is 1. The first-order chi connectivity index (χ1) is 8.16. The molecule has 3 nitrogen and oxygen atoms in total. The molecule has 0 saturated carbocycles. The lowest BCUT2D eigenvalue weighted by molar-refractivity contribution is 0.102. The van der Waals surface area contributed by atoms with Crippen LogP contribution in [-0.2, 0) is 0 Å². The summed E-state index contributed by atoms with van der Waals surface area (Å²) in [4.78, 5) is 15.3. The van der Waals surface area contributed by atoms with Crippen molar-refractivity contribution in [2.75, 3.05) is 5.32 Å². The molecule has 1 aromatic carbocycles. The van der Waals surface area contributed by atoms with Crippen LogP contribution in [0.1, 0.15) is 10.4 Å². The van der Waals surface area contributed by atoms with Gasteiger partial charge in [0.2, 0.25) is 0 Å². The SMILES string of the molecule is O=C(Nc1ccc(Cl)cc1)c1ccncc1F. The van der Waals surface area contributed by atoms with E-state index in [1.807, 2.05) is 0 Å². The lowest BCUT2D eigenvalue weighted by Crippen LogP contribution is -2.13. The number of carbonyl (C=O) groups is 1. The summed E-state index contributed by atoms with van der Waals surface area (Å²) in [6.07, 6.45) is 2.36. The van der Waals surface area contributed by atoms with Gasteiger partial charge in [0.15, 0.2) is 5.82 Å². The summed E-state index contributed by atoms with van der Waals surface area (Å²) in [7, 11) is 0. The molecule has 2 aromatic rings. The van der Waals surface area contributed by atoms with Crippen LogP contribution in [0.5, 0.6) is 0 Å². The average Bonchev–Trinajstić information content (AvgIpc) is 2.32. The fourth-order valence-electron chi connectivity index (χ4n) is 1.29. The largest absolute Gasteiger partial charge is 0.322 e. The number of anilines is 1. The zero-order valence-corrected chi connectivity index (χ0v) is 9.41. The minimum atomic E-state index is -0.654. The monoisotopic (exact) mass is 250 g/mol. The van der Waals surface area contributed by atoms with Crippen LogP contribution in [0.4, 0.5) is 10.1 Å². The first kappa shape index (κ1) is 11.5. The molecular weight excluding hydrogens is 243 g/mol. The van der Waals surface area contributed by atoms with Gasteiger partial charge >= 0.3 is 0 Å². The first-order valence-corrected chi connectivity index (χ1v) is 5.21. The predicted molar refractivity (Wildman–Crippen MR) is 63.6 cm³/mol. The highest BCUT2D eigenvalue weighted by Crippen LogP contribution is 2.15. The summed E-state index contributed by atoms with van der Waals surface area (Å²) in [6.45, 7) is 0. The molecule has 1 N–H and O–H groups in total. The van der Waals surface area contributed by atoms with Crippen LogP contribution < -0.4 is 5.32 Å². The van der Waals surface area contributed by atoms with E-state index in [1.165, 1.54) is 12.3 Å². The van der Waals surface area contributed by atoms with Gasteiger partial charge in [0.25, 0.3) is 5.91 Å². The number of rotatable bonds is 2. The number of amides is 1. The van der Waals surface area contributed by atoms with E-state index in [0.717, 1.165) is 6.20 Å². The molecule has 0 bridgehead atoms. The van der Waals surface area contributed by atoms with Crippen LogP contribution in [-0.4, -0.2) is 10.9 Å². The lowest BCUT2D eigenvalue weighted by Gasteiger charge is -2.05. The Morgan fingerprint density at radius 3 is 2.59 bits per heavy atom. The van der Waals surface area contributed by atoms with Gasteiger partial charge in [0, 0.05) is 16.9 Å². The van der Waals surface area contributed by atoms with Crippen molar-refractivity contribution in [2.24, 2.45) is 0 Å². The molecule has 0 atom stereocenters. The van der Waals surface area contributed by atoms with Crippen LogP contribution in [0.25, 0.3) is 0 Å². The van der Waals surface area contributed by atoms with Crippen molar-refractivity contribution in [3.05, 3.63) is 59.1 Å². The quantitative estimate of drug-likeness (QED) is 0.890. The fourth-order valence-corrected chi connectivity index (χ4v) is 1.42. The van der Waals surface area contributed by atoms with Crippen LogP contribution in [0.3, 0.4) is 0 Å². The lowest BCUT2D eigenvalue weighted by atomic mass is 10.2. The summed E-state index contributed by atoms with van der Waals surface area (Å²) in [5, 5.41) is 3.13. The number of hydrogen-bond donors (Lipinski definition) is 1. The van der Waals surface area contributed by atoms with E-state index in [1.54, 1.807) is 24.3 Å². The minimum absolute atomic E-state index is 0.0463. The third-order valence-corrected chi connectivity index (χ3v) is 2.37. The Bertz CT molecular complexity index is 542. The molecule has 17 heavy (non-hydrogen) atoms. The molecule has 0 spiro atoms. The van der Waals surface area contributed by atoms with E-state index < -0.39 is 11.7 Å². The molecule has 5 heteroatoms. The Kier molecular flexibility index (Phi) is 3.35. The van der Waals surface area contributed by atoms with Gasteiger partial charge in [-0.15, -0.1) is 0 Å². The van der Waals surface area contributed by atoms with Crippen molar-refractivity contribution < 1.29 is 9.18 Å². The van der Waals surface area contributed by atoms with Crippen LogP contribution >= 0.6 is 11.6 Å². The molecule has 1 amide bonds. The van der Waals surface area contributed by atoms with Crippen LogP contribution in [0.15, 0.2) is 42.7 Å². The molecular formula is C12H8ClFN2O. The number of halogens is 2. The molecule has 86 valence electrons. The molecule has 0 aliphatic rings. The van der Waals surface area contributed by atoms with Crippen molar-refractivity contribution in [3.8, 4) is 0 Å². The fraction of sp³-hybridized carbons (Fsp3) is 0. The molecule has 0 radical (unpaired) electrons. The van der Waals surface area contributed by atoms with Crippen molar-refractivity contribution in [2.45, 2.75) is 0 Å². The number of benzene rings is 1. The number of hydrogen-bond acceptors (Lipinski definition) is 2. The molecule has 2 rings (SSSR count). The number of nitrogens with zero attached hydrogens (tertiary/aromatic N) is 1. The molecule has 1 aromatic heterocycles. The second-order valence-corrected chi connectivity index (χ2v) is 3.75. The maximum Gasteiger partial charge on any atom is 0.258 e. The Morgan fingerprint density at radius 1 is 1.24 bits per heavy atom. The Morgan fingerprint density at radius 2 is 1.94 bits per heavy atom. The van der Waals surface area contributed by atoms with Gasteiger partial charge in [0.1, 0.15) is 0 Å². The third-order valence-electron chi connectivity index (χ3n) is 2.12. The maximum atomic E-state index is 13.3. The zero-order valence-electron chi connectivity index (χ0n) is 8.65. The first-order valence-electron chi connectivity index (χ1n) is 4.83. The van der Waals surface area contributed by atoms with E-state index in [9.17, 15) is 9.18 Å². The van der Waals surface area contributed by atoms with Crippen LogP contribution in [0, 0.1) is 5.82 Å². The third kappa shape index (κ3) is 2.79. The molecule has 1 heterocycles. The Balaban J connectivity index is 2.17. The minimum Gasteiger partial charge on any atom is -0.322 e. The normalized spacial score (nSPS) is 10.0. The Labute approximate surface area is 102 Å². The summed E-state index contributed by atoms with van der Waals surface area (Å²) in [5.41, 5.74) is 0.505. The summed E-state index contributed by atoms with van der Waals surface area (Å²) >= 11 is 5.71. The van der Waals surface area contributed by atoms with Crippen molar-refractivity contribution in [1.82, 2.24) is 4.98 Å². The number of nitrogens with one attached hydrogen (secondary N) is 1. The second-order valence-electron chi connectivity index (χ2n) is 3.32. The average molecular weight is 251 g/mol. The number of pyridine rings is 1. The topological polar surface area (TPSA) is 42.0 Å². The maximum absolute atomic E-state index is 13.3. The highest BCUT2D eigenvalue weighted by molar-refractivity contribution is 6.30. The van der Waals surface area contributed by atoms with E-state index in [-0.39, 0.29) is 5.56 Å². The molecule has 0 aliphatic carbocycles. The van der Waals surface area contributed by atoms with Gasteiger partial charge in [-0.3, -0.25) is 9.78 Å². The second kappa shape index (κ2) is 4.93. The van der Waals surface area contributed by atoms with E-state index in [2.05, 4.69) is 10.3 Å². The molecule has 0 unspecified atom stereocenters. The standard InChI is InChI=1S/C12H8ClFN2O/c13-8-1-3-9(4-2-8)16-12(17)10-5-6-15-7-11(10)14/h1-7H,(H,16,17). The van der Waals surface area contributed by atoms with E-state index in [0.29, 0.717) is 10.7 Å². The van der Waals surface area contributed by atoms with E-state index >= 15 is 0 Å². The molecule has 0 saturated heterocycles. The summed E-state index contributed by atoms with van der Waals surface area (Å²) in [6, 6.07) is 7.87. The van der Waals surface area contributed by atoms with Gasteiger partial charge in [-0.05, 0) is 30.3 Å². The summed E-state index contributed by atoms with van der Waals surface area (Å²) in [5.74, 6) is -1.17. The zero-order chi connectivity index (χ0) is 12.3. The van der Waals surface area contributed by atoms with Crippen molar-refractivity contribution in [3.63, 3.8) is 0 Å². The molecule has 0 fully saturated rings. The van der Waals surface area contributed by atoms with E-state index in [4.69, 9.17) is 11.6 Å². The van der Waals surface area contributed by atoms with Gasteiger partial charge in [-0.1, -0.05) is 11.6 Å². The molecule has 0 aliphatic heterocycles. The van der Waals surface area contributed by atoms with Crippen molar-refractivity contribution in [1.29, 1.82) is 0 Å². The Hall–Kier alpha value is -1.94. The highest BCUT2D eigenvalue weighted by Gasteiger charge is 2.11. The van der Waals surface area contributed by atoms with Gasteiger partial charge < -0.3 is 5.32 Å². The highest BCUT2D eigenvalue weighted by atomic mass is 35.5. The van der Waals surface area contributed by atoms with Gasteiger partial charge in [-0.2, -0.15) is 0 Å².